The third kappa shape index (κ3) is 11.8. The number of benzene rings is 13. The van der Waals surface area contributed by atoms with Gasteiger partial charge >= 0.3 is 7.12 Å². The maximum absolute atomic E-state index is 14.0. The zero-order valence-electron chi connectivity index (χ0n) is 57.5. The lowest BCUT2D eigenvalue weighted by Gasteiger charge is -2.33. The maximum Gasteiger partial charge on any atom is 0.494 e. The molecule has 1 fully saturated rings. The molecular weight excluding hydrogens is 1530 g/mol. The number of hydrogen-bond acceptors (Lipinski definition) is 15. The van der Waals surface area contributed by atoms with Crippen molar-refractivity contribution >= 4 is 169 Å². The highest BCUT2D eigenvalue weighted by molar-refractivity contribution is 9.10. The molecule has 2 aromatic heterocycles. The highest BCUT2D eigenvalue weighted by atomic mass is 79.9. The van der Waals surface area contributed by atoms with Crippen LogP contribution in [-0.4, -0.2) is 43.6 Å². The second-order valence-corrected chi connectivity index (χ2v) is 34.7. The molecule has 107 heavy (non-hydrogen) atoms. The van der Waals surface area contributed by atoms with E-state index in [4.69, 9.17) is 18.1 Å². The molecule has 15 aromatic rings. The molecule has 15 nitrogen and oxygen atoms in total. The number of hydrogen-bond donors (Lipinski definition) is 0. The lowest BCUT2D eigenvalue weighted by atomic mass is 9.79. The lowest BCUT2D eigenvalue weighted by molar-refractivity contribution is 0.00578. The van der Waals surface area contributed by atoms with E-state index in [0.717, 1.165) is 53.7 Å². The van der Waals surface area contributed by atoms with Gasteiger partial charge < -0.3 is 32.8 Å². The van der Waals surface area contributed by atoms with E-state index in [1.54, 1.807) is 103 Å². The molecule has 6 heterocycles. The monoisotopic (exact) mass is 1590 g/mol. The first-order valence-electron chi connectivity index (χ1n) is 34.1. The third-order valence-corrected chi connectivity index (χ3v) is 26.8. The molecule has 0 unspecified atom stereocenters. The van der Waals surface area contributed by atoms with E-state index in [9.17, 15) is 34.8 Å². The summed E-state index contributed by atoms with van der Waals surface area (Å²) in [5, 5.41) is 2.11. The maximum atomic E-state index is 14.0. The van der Waals surface area contributed by atoms with Gasteiger partial charge in [0.15, 0.2) is 0 Å². The molecule has 1 saturated heterocycles. The Labute approximate surface area is 633 Å². The first-order chi connectivity index (χ1) is 51.4. The van der Waals surface area contributed by atoms with E-state index in [1.807, 2.05) is 230 Å². The first-order valence-corrected chi connectivity index (χ1v) is 40.2. The molecule has 0 spiro atoms. The van der Waals surface area contributed by atoms with Gasteiger partial charge in [0.1, 0.15) is 22.3 Å². The van der Waals surface area contributed by atoms with Crippen molar-refractivity contribution < 1.29 is 43.4 Å². The van der Waals surface area contributed by atoms with Gasteiger partial charge in [0.25, 0.3) is 0 Å². The van der Waals surface area contributed by atoms with Crippen LogP contribution >= 0.6 is 31.9 Å². The van der Waals surface area contributed by atoms with Crippen LogP contribution in [0.15, 0.2) is 348 Å². The van der Waals surface area contributed by atoms with Gasteiger partial charge in [0.2, 0.25) is 40.4 Å². The quantitative estimate of drug-likeness (QED) is 0.113. The SMILES string of the molecule is CC1(C)OB(c2ccc(N3c4ccccc4S(=O)(=O)c4ccccc43)cc2)OC1(C)C.O=c1c2ccc(-c3ccc(N4c5ccccc5S(=O)(=O)c5ccccc54)cc3)cc2oc2ccc(-c3ccc(N4c5ccccc5S(=O)(=O)c5ccccc54)cc3)cc12.O=c1c2ccc(Br)cc2oc2ccc(Br)cc12. The van der Waals surface area contributed by atoms with Crippen molar-refractivity contribution in [1.29, 1.82) is 0 Å². The molecule has 0 N–H and O–H groups in total. The minimum absolute atomic E-state index is 0.00458. The molecule has 0 bridgehead atoms. The Hall–Kier alpha value is -11.0. The van der Waals surface area contributed by atoms with E-state index in [1.165, 1.54) is 0 Å². The number of anilines is 9. The van der Waals surface area contributed by atoms with Gasteiger partial charge in [-0.25, -0.2) is 25.3 Å². The predicted octanol–water partition coefficient (Wildman–Crippen LogP) is 20.6. The topological polar surface area (TPSA) is 191 Å². The summed E-state index contributed by atoms with van der Waals surface area (Å²) >= 11 is 6.72. The van der Waals surface area contributed by atoms with Crippen LogP contribution < -0.4 is 31.0 Å². The summed E-state index contributed by atoms with van der Waals surface area (Å²) in [6.45, 7) is 8.12. The summed E-state index contributed by atoms with van der Waals surface area (Å²) < 4.78 is 106. The highest BCUT2D eigenvalue weighted by Crippen LogP contribution is 2.52. The van der Waals surface area contributed by atoms with Gasteiger partial charge in [-0.1, -0.05) is 153 Å². The average Bonchev–Trinajstić information content (AvgIpc) is 1.65. The highest BCUT2D eigenvalue weighted by Gasteiger charge is 2.52. The van der Waals surface area contributed by atoms with Crippen LogP contribution in [0.5, 0.6) is 0 Å². The van der Waals surface area contributed by atoms with Crippen molar-refractivity contribution in [3.8, 4) is 22.3 Å². The smallest absolute Gasteiger partial charge is 0.456 e. The number of halogens is 2. The van der Waals surface area contributed by atoms with Crippen LogP contribution in [0.3, 0.4) is 0 Å². The first kappa shape index (κ1) is 69.1. The van der Waals surface area contributed by atoms with E-state index >= 15 is 0 Å². The molecule has 21 heteroatoms. The average molecular weight is 1590 g/mol. The van der Waals surface area contributed by atoms with Crippen molar-refractivity contribution in [2.45, 2.75) is 68.3 Å². The Morgan fingerprint density at radius 1 is 0.299 bits per heavy atom. The summed E-state index contributed by atoms with van der Waals surface area (Å²) in [6.07, 6.45) is 0. The summed E-state index contributed by atoms with van der Waals surface area (Å²) in [5.41, 5.74) is 11.7. The molecular formula is C86H60BBr2N3O12S3. The molecule has 0 saturated carbocycles. The molecule has 0 aliphatic carbocycles. The summed E-state index contributed by atoms with van der Waals surface area (Å²) in [6, 6.07) is 87.9. The summed E-state index contributed by atoms with van der Waals surface area (Å²) in [7, 11) is -11.4. The minimum atomic E-state index is -3.67. The van der Waals surface area contributed by atoms with Crippen LogP contribution in [0.1, 0.15) is 27.7 Å². The van der Waals surface area contributed by atoms with E-state index in [-0.39, 0.29) is 30.4 Å². The zero-order chi connectivity index (χ0) is 74.1. The van der Waals surface area contributed by atoms with Crippen LogP contribution in [0.4, 0.5) is 51.2 Å². The van der Waals surface area contributed by atoms with E-state index < -0.39 is 47.8 Å². The molecule has 0 amide bonds. The van der Waals surface area contributed by atoms with Gasteiger partial charge in [-0.15, -0.1) is 0 Å². The predicted molar refractivity (Wildman–Crippen MR) is 429 cm³/mol. The second-order valence-electron chi connectivity index (χ2n) is 27.2. The van der Waals surface area contributed by atoms with E-state index in [0.29, 0.717) is 87.8 Å². The Bertz CT molecular complexity index is 6520. The lowest BCUT2D eigenvalue weighted by Crippen LogP contribution is -2.41. The minimum Gasteiger partial charge on any atom is -0.456 e. The number of sulfone groups is 3. The number of nitrogens with zero attached hydrogens (tertiary/aromatic N) is 3. The van der Waals surface area contributed by atoms with Gasteiger partial charge in [-0.2, -0.15) is 0 Å². The van der Waals surface area contributed by atoms with Gasteiger partial charge in [-0.3, -0.25) is 9.59 Å². The van der Waals surface area contributed by atoms with Crippen LogP contribution in [-0.2, 0) is 38.8 Å². The standard InChI is InChI=1S/C49H30N2O6S2.C24H24BNO4S.C13H6Br2O2/c52-49-37-27-21-34(32-19-25-36(26-20-32)51-41-11-3-7-15-47(41)59(55,56)48-16-8-4-12-42(48)51)30-44(37)57-43-28-22-33(29-38(43)49)31-17-23-35(24-18-31)50-39-9-1-5-13-45(39)58(53,54)46-14-6-2-10-40(46)50;1-23(2)24(3,4)30-25(29-23)17-13-15-18(16-14-17)26-19-9-5-7-11-21(19)31(27,28)22-12-8-6-10-20(22)26;14-7-2-4-11-10(5-7)13(16)9-3-1-8(15)6-12(9)17-11/h1-30H;5-16H,1-4H3;1-6H. The van der Waals surface area contributed by atoms with Gasteiger partial charge in [0, 0.05) is 26.0 Å². The second kappa shape index (κ2) is 26.2. The Morgan fingerprint density at radius 3 is 0.981 bits per heavy atom. The molecule has 13 aromatic carbocycles. The molecule has 0 radical (unpaired) electrons. The van der Waals surface area contributed by atoms with Crippen molar-refractivity contribution in [2.24, 2.45) is 0 Å². The zero-order valence-corrected chi connectivity index (χ0v) is 63.1. The fraction of sp³-hybridized carbons (Fsp3) is 0.0698. The van der Waals surface area contributed by atoms with Crippen LogP contribution in [0, 0.1) is 0 Å². The molecule has 0 atom stereocenters. The summed E-state index contributed by atoms with van der Waals surface area (Å²) in [4.78, 5) is 33.8. The Balaban J connectivity index is 0.000000144. The van der Waals surface area contributed by atoms with Crippen molar-refractivity contribution in [1.82, 2.24) is 0 Å². The largest absolute Gasteiger partial charge is 0.494 e. The normalized spacial score (nSPS) is 15.7. The van der Waals surface area contributed by atoms with Gasteiger partial charge in [0.05, 0.1) is 96.2 Å². The molecule has 19 rings (SSSR count). The molecule has 4 aliphatic heterocycles. The van der Waals surface area contributed by atoms with Gasteiger partial charge in [-0.05, 0) is 225 Å². The van der Waals surface area contributed by atoms with Crippen molar-refractivity contribution in [2.75, 3.05) is 14.7 Å². The number of rotatable bonds is 6. The Morgan fingerprint density at radius 2 is 0.589 bits per heavy atom. The van der Waals surface area contributed by atoms with Crippen molar-refractivity contribution in [3.63, 3.8) is 0 Å². The van der Waals surface area contributed by atoms with E-state index in [2.05, 4.69) is 31.9 Å². The molecule has 526 valence electrons. The Kier molecular flexibility index (Phi) is 16.9. The summed E-state index contributed by atoms with van der Waals surface area (Å²) in [5.74, 6) is 0. The number of para-hydroxylation sites is 6. The van der Waals surface area contributed by atoms with Crippen molar-refractivity contribution in [3.05, 3.63) is 321 Å². The van der Waals surface area contributed by atoms with Crippen LogP contribution in [0.25, 0.3) is 66.1 Å². The fourth-order valence-electron chi connectivity index (χ4n) is 14.2. The molecule has 4 aliphatic rings. The fourth-order valence-corrected chi connectivity index (χ4v) is 19.7. The number of fused-ring (bicyclic) bond motifs is 10. The van der Waals surface area contributed by atoms with Crippen LogP contribution in [0.2, 0.25) is 0 Å². The third-order valence-electron chi connectivity index (χ3n) is 20.2.